The molecule has 8 heteroatoms. The Hall–Kier alpha value is -0.630. The second-order valence-corrected chi connectivity index (χ2v) is 6.41. The first-order valence-corrected chi connectivity index (χ1v) is 7.61. The molecule has 2 rings (SSSR count). The van der Waals surface area contributed by atoms with Crippen LogP contribution in [0.3, 0.4) is 0 Å². The van der Waals surface area contributed by atoms with Crippen LogP contribution in [0.25, 0.3) is 0 Å². The molecule has 0 aliphatic heterocycles. The molecule has 18 heavy (non-hydrogen) atoms. The van der Waals surface area contributed by atoms with Crippen molar-refractivity contribution in [1.29, 1.82) is 0 Å². The molecule has 0 spiro atoms. The van der Waals surface area contributed by atoms with Gasteiger partial charge in [0.2, 0.25) is 5.03 Å². The summed E-state index contributed by atoms with van der Waals surface area (Å²) in [6.07, 6.45) is 3.80. The molecule has 0 radical (unpaired) electrons. The highest BCUT2D eigenvalue weighted by molar-refractivity contribution is 7.89. The number of halogens is 1. The SMILES string of the molecule is Cn1cnc(S(=O)(=O)NCCOCC2CC2)c1Cl. The van der Waals surface area contributed by atoms with Crippen LogP contribution in [0.4, 0.5) is 0 Å². The minimum atomic E-state index is -3.65. The molecule has 1 aliphatic rings. The summed E-state index contributed by atoms with van der Waals surface area (Å²) >= 11 is 5.83. The van der Waals surface area contributed by atoms with Crippen LogP contribution < -0.4 is 4.72 Å². The van der Waals surface area contributed by atoms with Crippen molar-refractivity contribution in [1.82, 2.24) is 14.3 Å². The number of sulfonamides is 1. The van der Waals surface area contributed by atoms with Gasteiger partial charge in [0.15, 0.2) is 0 Å². The minimum absolute atomic E-state index is 0.0985. The highest BCUT2D eigenvalue weighted by Crippen LogP contribution is 2.28. The summed E-state index contributed by atoms with van der Waals surface area (Å²) in [5.41, 5.74) is 0. The molecule has 0 saturated heterocycles. The molecule has 102 valence electrons. The van der Waals surface area contributed by atoms with Gasteiger partial charge >= 0.3 is 0 Å². The number of nitrogens with zero attached hydrogens (tertiary/aromatic N) is 2. The molecule has 1 fully saturated rings. The van der Waals surface area contributed by atoms with E-state index >= 15 is 0 Å². The zero-order valence-corrected chi connectivity index (χ0v) is 11.7. The Kier molecular flexibility index (Phi) is 4.26. The van der Waals surface area contributed by atoms with Gasteiger partial charge in [0, 0.05) is 20.2 Å². The Morgan fingerprint density at radius 2 is 2.33 bits per heavy atom. The number of rotatable bonds is 7. The minimum Gasteiger partial charge on any atom is -0.380 e. The maximum atomic E-state index is 11.8. The predicted molar refractivity (Wildman–Crippen MR) is 66.9 cm³/mol. The van der Waals surface area contributed by atoms with Crippen molar-refractivity contribution in [2.75, 3.05) is 19.8 Å². The van der Waals surface area contributed by atoms with Crippen molar-refractivity contribution in [2.45, 2.75) is 17.9 Å². The van der Waals surface area contributed by atoms with E-state index in [0.29, 0.717) is 19.1 Å². The smallest absolute Gasteiger partial charge is 0.261 e. The Morgan fingerprint density at radius 3 is 2.89 bits per heavy atom. The van der Waals surface area contributed by atoms with Crippen LogP contribution in [0.1, 0.15) is 12.8 Å². The summed E-state index contributed by atoms with van der Waals surface area (Å²) in [6, 6.07) is 0. The number of imidazole rings is 1. The number of nitrogens with one attached hydrogen (secondary N) is 1. The van der Waals surface area contributed by atoms with Crippen LogP contribution in [0.5, 0.6) is 0 Å². The highest BCUT2D eigenvalue weighted by Gasteiger charge is 2.23. The summed E-state index contributed by atoms with van der Waals surface area (Å²) in [5.74, 6) is 0.673. The van der Waals surface area contributed by atoms with Crippen LogP contribution in [0.2, 0.25) is 5.15 Å². The molecule has 0 unspecified atom stereocenters. The van der Waals surface area contributed by atoms with Crippen molar-refractivity contribution in [3.8, 4) is 0 Å². The molecule has 6 nitrogen and oxygen atoms in total. The lowest BCUT2D eigenvalue weighted by atomic mass is 10.5. The fraction of sp³-hybridized carbons (Fsp3) is 0.700. The second kappa shape index (κ2) is 5.56. The van der Waals surface area contributed by atoms with E-state index in [2.05, 4.69) is 9.71 Å². The molecule has 1 aliphatic carbocycles. The number of hydrogen-bond acceptors (Lipinski definition) is 4. The zero-order chi connectivity index (χ0) is 13.2. The normalized spacial score (nSPS) is 16.1. The molecule has 0 amide bonds. The van der Waals surface area contributed by atoms with E-state index in [1.165, 1.54) is 23.7 Å². The van der Waals surface area contributed by atoms with Gasteiger partial charge in [-0.05, 0) is 18.8 Å². The van der Waals surface area contributed by atoms with Gasteiger partial charge in [0.25, 0.3) is 10.0 Å². The van der Waals surface area contributed by atoms with Crippen LogP contribution in [0, 0.1) is 5.92 Å². The van der Waals surface area contributed by atoms with E-state index in [9.17, 15) is 8.42 Å². The Morgan fingerprint density at radius 1 is 1.61 bits per heavy atom. The molecular formula is C10H16ClN3O3S. The standard InChI is InChI=1S/C10H16ClN3O3S/c1-14-7-12-10(9(14)11)18(15,16)13-4-5-17-6-8-2-3-8/h7-8,13H,2-6H2,1H3. The van der Waals surface area contributed by atoms with Crippen LogP contribution in [-0.4, -0.2) is 37.7 Å². The number of aryl methyl sites for hydroxylation is 1. The van der Waals surface area contributed by atoms with Gasteiger partial charge in [-0.15, -0.1) is 0 Å². The first-order valence-electron chi connectivity index (χ1n) is 5.75. The maximum Gasteiger partial charge on any atom is 0.261 e. The fourth-order valence-electron chi connectivity index (χ4n) is 1.43. The zero-order valence-electron chi connectivity index (χ0n) is 10.1. The first kappa shape index (κ1) is 13.8. The van der Waals surface area contributed by atoms with Gasteiger partial charge in [0.05, 0.1) is 12.9 Å². The van der Waals surface area contributed by atoms with E-state index in [1.54, 1.807) is 7.05 Å². The average molecular weight is 294 g/mol. The number of hydrogen-bond donors (Lipinski definition) is 1. The summed E-state index contributed by atoms with van der Waals surface area (Å²) < 4.78 is 32.9. The molecule has 0 aromatic carbocycles. The monoisotopic (exact) mass is 293 g/mol. The van der Waals surface area contributed by atoms with Gasteiger partial charge in [-0.1, -0.05) is 11.6 Å². The fourth-order valence-corrected chi connectivity index (χ4v) is 2.86. The molecule has 0 atom stereocenters. The van der Waals surface area contributed by atoms with Crippen LogP contribution in [-0.2, 0) is 21.8 Å². The van der Waals surface area contributed by atoms with Gasteiger partial charge in [-0.25, -0.2) is 18.1 Å². The van der Waals surface area contributed by atoms with Crippen LogP contribution >= 0.6 is 11.6 Å². The summed E-state index contributed by atoms with van der Waals surface area (Å²) in [6.45, 7) is 1.30. The largest absolute Gasteiger partial charge is 0.380 e. The first-order chi connectivity index (χ1) is 8.50. The van der Waals surface area contributed by atoms with Gasteiger partial charge < -0.3 is 9.30 Å². The molecule has 1 saturated carbocycles. The lowest BCUT2D eigenvalue weighted by Crippen LogP contribution is -2.28. The van der Waals surface area contributed by atoms with E-state index in [1.807, 2.05) is 0 Å². The third-order valence-corrected chi connectivity index (χ3v) is 4.63. The molecule has 1 aromatic heterocycles. The van der Waals surface area contributed by atoms with Gasteiger partial charge in [0.1, 0.15) is 5.15 Å². The third kappa shape index (κ3) is 3.44. The van der Waals surface area contributed by atoms with Crippen molar-refractivity contribution < 1.29 is 13.2 Å². The Bertz CT molecular complexity index is 510. The molecule has 1 N–H and O–H groups in total. The lowest BCUT2D eigenvalue weighted by molar-refractivity contribution is 0.129. The maximum absolute atomic E-state index is 11.8. The molecular weight excluding hydrogens is 278 g/mol. The van der Waals surface area contributed by atoms with Crippen molar-refractivity contribution in [3.63, 3.8) is 0 Å². The van der Waals surface area contributed by atoms with E-state index in [0.717, 1.165) is 0 Å². The third-order valence-electron chi connectivity index (χ3n) is 2.68. The second-order valence-electron chi connectivity index (χ2n) is 4.37. The lowest BCUT2D eigenvalue weighted by Gasteiger charge is -2.05. The Labute approximate surface area is 111 Å². The molecule has 1 heterocycles. The molecule has 1 aromatic rings. The Balaban J connectivity index is 1.81. The van der Waals surface area contributed by atoms with E-state index in [4.69, 9.17) is 16.3 Å². The number of ether oxygens (including phenoxy) is 1. The highest BCUT2D eigenvalue weighted by atomic mass is 35.5. The quantitative estimate of drug-likeness (QED) is 0.754. The average Bonchev–Trinajstić information content (AvgIpc) is 3.06. The summed E-state index contributed by atoms with van der Waals surface area (Å²) in [7, 11) is -2.02. The summed E-state index contributed by atoms with van der Waals surface area (Å²) in [5, 5.41) is -0.0461. The van der Waals surface area contributed by atoms with Gasteiger partial charge in [-0.2, -0.15) is 0 Å². The van der Waals surface area contributed by atoms with Crippen molar-refractivity contribution >= 4 is 21.6 Å². The van der Waals surface area contributed by atoms with E-state index in [-0.39, 0.29) is 16.7 Å². The van der Waals surface area contributed by atoms with Gasteiger partial charge in [-0.3, -0.25) is 0 Å². The summed E-state index contributed by atoms with van der Waals surface area (Å²) in [4.78, 5) is 3.76. The topological polar surface area (TPSA) is 73.2 Å². The molecule has 0 bridgehead atoms. The number of aromatic nitrogens is 2. The van der Waals surface area contributed by atoms with Crippen LogP contribution in [0.15, 0.2) is 11.4 Å². The predicted octanol–water partition coefficient (Wildman–Crippen LogP) is 0.778. The van der Waals surface area contributed by atoms with Crippen molar-refractivity contribution in [2.24, 2.45) is 13.0 Å². The van der Waals surface area contributed by atoms with E-state index < -0.39 is 10.0 Å². The van der Waals surface area contributed by atoms with Crippen molar-refractivity contribution in [3.05, 3.63) is 11.5 Å².